The monoisotopic (exact) mass is 383 g/mol. The Balaban J connectivity index is 2.16. The van der Waals surface area contributed by atoms with Crippen LogP contribution >= 0.6 is 0 Å². The predicted molar refractivity (Wildman–Crippen MR) is 109 cm³/mol. The number of halogens is 1. The molecular formula is C22H38FNO3. The van der Waals surface area contributed by atoms with Crippen LogP contribution in [-0.2, 0) is 0 Å². The minimum absolute atomic E-state index is 0.154. The van der Waals surface area contributed by atoms with Crippen molar-refractivity contribution >= 4 is 0 Å². The smallest absolute Gasteiger partial charge is 0.119 e. The fraction of sp³-hybridized carbons (Fsp3) is 0.727. The summed E-state index contributed by atoms with van der Waals surface area (Å²) in [6.45, 7) is 1.91. The molecule has 0 saturated heterocycles. The lowest BCUT2D eigenvalue weighted by molar-refractivity contribution is 0.104. The molecule has 0 aliphatic heterocycles. The number of rotatable bonds is 16. The van der Waals surface area contributed by atoms with Crippen molar-refractivity contribution in [1.82, 2.24) is 0 Å². The molecule has 0 aliphatic carbocycles. The summed E-state index contributed by atoms with van der Waals surface area (Å²) in [5.74, 6) is 0.674. The molecule has 4 nitrogen and oxygen atoms in total. The first-order chi connectivity index (χ1) is 13.1. The Kier molecular flexibility index (Phi) is 12.3. The number of hydrogen-bond acceptors (Lipinski definition) is 4. The van der Waals surface area contributed by atoms with Crippen molar-refractivity contribution < 1.29 is 19.3 Å². The van der Waals surface area contributed by atoms with Gasteiger partial charge in [0.05, 0.1) is 32.0 Å². The molecule has 0 heterocycles. The van der Waals surface area contributed by atoms with Crippen LogP contribution in [-0.4, -0.2) is 42.2 Å². The molecule has 156 valence electrons. The lowest BCUT2D eigenvalue weighted by Gasteiger charge is -2.32. The summed E-state index contributed by atoms with van der Waals surface area (Å²) in [5, 5.41) is 18.8. The van der Waals surface area contributed by atoms with Gasteiger partial charge in [-0.05, 0) is 30.5 Å². The van der Waals surface area contributed by atoms with Crippen molar-refractivity contribution in [3.05, 3.63) is 29.8 Å². The number of alkyl halides is 1. The van der Waals surface area contributed by atoms with Gasteiger partial charge in [0.2, 0.25) is 0 Å². The fourth-order valence-electron chi connectivity index (χ4n) is 3.13. The topological polar surface area (TPSA) is 75.7 Å². The van der Waals surface area contributed by atoms with E-state index < -0.39 is 5.54 Å². The SMILES string of the molecule is CC(c1ccc(OCCCCCCCCCCCF)cc1)C(N)(CO)CO. The summed E-state index contributed by atoms with van der Waals surface area (Å²) in [6.07, 6.45) is 10.0. The zero-order valence-corrected chi connectivity index (χ0v) is 16.8. The number of aliphatic hydroxyl groups excluding tert-OH is 2. The first-order valence-corrected chi connectivity index (χ1v) is 10.4. The van der Waals surface area contributed by atoms with Crippen molar-refractivity contribution in [2.24, 2.45) is 5.73 Å². The Bertz CT molecular complexity index is 477. The number of ether oxygens (including phenoxy) is 1. The molecule has 0 radical (unpaired) electrons. The summed E-state index contributed by atoms with van der Waals surface area (Å²) in [4.78, 5) is 0. The lowest BCUT2D eigenvalue weighted by atomic mass is 9.82. The van der Waals surface area contributed by atoms with Gasteiger partial charge in [-0.3, -0.25) is 4.39 Å². The molecule has 0 spiro atoms. The van der Waals surface area contributed by atoms with Crippen molar-refractivity contribution in [3.63, 3.8) is 0 Å². The van der Waals surface area contributed by atoms with Gasteiger partial charge in [0, 0.05) is 5.92 Å². The van der Waals surface area contributed by atoms with E-state index >= 15 is 0 Å². The Labute approximate surface area is 163 Å². The van der Waals surface area contributed by atoms with Crippen LogP contribution in [0.15, 0.2) is 24.3 Å². The standard InChI is InChI=1S/C22H38FNO3/c1-19(22(24,17-25)18-26)20-11-13-21(14-12-20)27-16-10-8-6-4-2-3-5-7-9-15-23/h11-14,19,25-26H,2-10,15-18,24H2,1H3. The third-order valence-corrected chi connectivity index (χ3v) is 5.38. The fourth-order valence-corrected chi connectivity index (χ4v) is 3.13. The van der Waals surface area contributed by atoms with Gasteiger partial charge < -0.3 is 20.7 Å². The summed E-state index contributed by atoms with van der Waals surface area (Å²) in [5.41, 5.74) is 6.00. The molecule has 27 heavy (non-hydrogen) atoms. The number of benzene rings is 1. The maximum absolute atomic E-state index is 12.0. The van der Waals surface area contributed by atoms with Crippen molar-refractivity contribution in [3.8, 4) is 5.75 Å². The number of nitrogens with two attached hydrogens (primary N) is 1. The van der Waals surface area contributed by atoms with Gasteiger partial charge >= 0.3 is 0 Å². The molecule has 0 aliphatic rings. The van der Waals surface area contributed by atoms with Gasteiger partial charge in [-0.25, -0.2) is 0 Å². The average Bonchev–Trinajstić information content (AvgIpc) is 2.71. The van der Waals surface area contributed by atoms with Crippen molar-refractivity contribution in [2.75, 3.05) is 26.5 Å². The minimum Gasteiger partial charge on any atom is -0.494 e. The van der Waals surface area contributed by atoms with E-state index in [1.54, 1.807) is 0 Å². The highest BCUT2D eigenvalue weighted by molar-refractivity contribution is 5.31. The summed E-state index contributed by atoms with van der Waals surface area (Å²) in [7, 11) is 0. The second-order valence-corrected chi connectivity index (χ2v) is 7.56. The van der Waals surface area contributed by atoms with Crippen LogP contribution in [0.1, 0.15) is 76.2 Å². The van der Waals surface area contributed by atoms with Crippen molar-refractivity contribution in [1.29, 1.82) is 0 Å². The number of unbranched alkanes of at least 4 members (excludes halogenated alkanes) is 8. The molecular weight excluding hydrogens is 345 g/mol. The Hall–Kier alpha value is -1.17. The van der Waals surface area contributed by atoms with Crippen LogP contribution in [0.5, 0.6) is 5.75 Å². The van der Waals surface area contributed by atoms with Gasteiger partial charge in [-0.2, -0.15) is 0 Å². The van der Waals surface area contributed by atoms with Gasteiger partial charge in [-0.1, -0.05) is 64.0 Å². The highest BCUT2D eigenvalue weighted by Crippen LogP contribution is 2.27. The van der Waals surface area contributed by atoms with E-state index in [1.165, 1.54) is 32.1 Å². The molecule has 4 N–H and O–H groups in total. The predicted octanol–water partition coefficient (Wildman–Crippen LogP) is 4.33. The van der Waals surface area contributed by atoms with E-state index in [0.29, 0.717) is 13.0 Å². The molecule has 0 bridgehead atoms. The largest absolute Gasteiger partial charge is 0.494 e. The number of aliphatic hydroxyl groups is 2. The molecule has 1 unspecified atom stereocenters. The minimum atomic E-state index is -1.02. The first kappa shape index (κ1) is 23.9. The Morgan fingerprint density at radius 2 is 1.37 bits per heavy atom. The Morgan fingerprint density at radius 1 is 0.889 bits per heavy atom. The maximum Gasteiger partial charge on any atom is 0.119 e. The molecule has 0 aromatic heterocycles. The van der Waals surface area contributed by atoms with Crippen LogP contribution in [0.3, 0.4) is 0 Å². The van der Waals surface area contributed by atoms with Crippen LogP contribution in [0.25, 0.3) is 0 Å². The highest BCUT2D eigenvalue weighted by Gasteiger charge is 2.31. The average molecular weight is 384 g/mol. The third-order valence-electron chi connectivity index (χ3n) is 5.38. The van der Waals surface area contributed by atoms with E-state index in [2.05, 4.69) is 0 Å². The van der Waals surface area contributed by atoms with Crippen LogP contribution < -0.4 is 10.5 Å². The van der Waals surface area contributed by atoms with E-state index in [-0.39, 0.29) is 25.8 Å². The second-order valence-electron chi connectivity index (χ2n) is 7.56. The molecule has 0 fully saturated rings. The molecule has 1 aromatic rings. The normalized spacial score (nSPS) is 12.9. The van der Waals surface area contributed by atoms with Gasteiger partial charge in [0.1, 0.15) is 5.75 Å². The zero-order chi connectivity index (χ0) is 20.0. The van der Waals surface area contributed by atoms with Gasteiger partial charge in [0.25, 0.3) is 0 Å². The Morgan fingerprint density at radius 3 is 1.85 bits per heavy atom. The molecule has 1 aromatic carbocycles. The van der Waals surface area contributed by atoms with E-state index in [9.17, 15) is 14.6 Å². The highest BCUT2D eigenvalue weighted by atomic mass is 19.1. The van der Waals surface area contributed by atoms with Crippen LogP contribution in [0.4, 0.5) is 4.39 Å². The lowest BCUT2D eigenvalue weighted by Crippen LogP contribution is -2.51. The number of hydrogen-bond donors (Lipinski definition) is 3. The van der Waals surface area contributed by atoms with Crippen LogP contribution in [0.2, 0.25) is 0 Å². The molecule has 0 saturated carbocycles. The van der Waals surface area contributed by atoms with E-state index in [0.717, 1.165) is 30.6 Å². The molecule has 5 heteroatoms. The van der Waals surface area contributed by atoms with E-state index in [4.69, 9.17) is 10.5 Å². The summed E-state index contributed by atoms with van der Waals surface area (Å²) >= 11 is 0. The third kappa shape index (κ3) is 9.04. The first-order valence-electron chi connectivity index (χ1n) is 10.4. The van der Waals surface area contributed by atoms with Crippen molar-refractivity contribution in [2.45, 2.75) is 76.2 Å². The van der Waals surface area contributed by atoms with Gasteiger partial charge in [0.15, 0.2) is 0 Å². The second kappa shape index (κ2) is 13.9. The molecule has 0 amide bonds. The van der Waals surface area contributed by atoms with Crippen LogP contribution in [0, 0.1) is 0 Å². The summed E-state index contributed by atoms with van der Waals surface area (Å²) in [6, 6.07) is 7.71. The molecule has 1 atom stereocenters. The zero-order valence-electron chi connectivity index (χ0n) is 16.8. The van der Waals surface area contributed by atoms with Gasteiger partial charge in [-0.15, -0.1) is 0 Å². The quantitative estimate of drug-likeness (QED) is 0.371. The van der Waals surface area contributed by atoms with E-state index in [1.807, 2.05) is 31.2 Å². The molecule has 1 rings (SSSR count). The maximum atomic E-state index is 12.0. The summed E-state index contributed by atoms with van der Waals surface area (Å²) < 4.78 is 17.7.